The smallest absolute Gasteiger partial charge is 0.00853 e. The molecule has 0 saturated heterocycles. The fourth-order valence-corrected chi connectivity index (χ4v) is 8.28. The van der Waals surface area contributed by atoms with E-state index in [1.165, 1.54) is 77.0 Å². The first kappa shape index (κ1) is 19.8. The van der Waals surface area contributed by atoms with Gasteiger partial charge in [-0.1, -0.05) is 64.3 Å². The minimum Gasteiger partial charge on any atom is -0.0996 e. The third-order valence-corrected chi connectivity index (χ3v) is 9.79. The van der Waals surface area contributed by atoms with E-state index in [1.807, 2.05) is 5.57 Å². The van der Waals surface area contributed by atoms with Crippen molar-refractivity contribution in [1.29, 1.82) is 0 Å². The molecule has 0 N–H and O–H groups in total. The summed E-state index contributed by atoms with van der Waals surface area (Å²) >= 11 is 0. The Labute approximate surface area is 169 Å². The number of allylic oxidation sites excluding steroid dienone is 3. The van der Waals surface area contributed by atoms with E-state index in [1.54, 1.807) is 5.57 Å². The number of hydrogen-bond donors (Lipinski definition) is 0. The zero-order valence-corrected chi connectivity index (χ0v) is 18.7. The summed E-state index contributed by atoms with van der Waals surface area (Å²) < 4.78 is 0. The summed E-state index contributed by atoms with van der Waals surface area (Å²) in [6.45, 7) is 14.7. The van der Waals surface area contributed by atoms with E-state index >= 15 is 0 Å². The molecule has 4 aliphatic carbocycles. The number of fused-ring (bicyclic) bond motifs is 5. The van der Waals surface area contributed by atoms with Gasteiger partial charge in [0, 0.05) is 0 Å². The fourth-order valence-electron chi connectivity index (χ4n) is 8.28. The molecule has 0 unspecified atom stereocenters. The maximum Gasteiger partial charge on any atom is -0.00853 e. The van der Waals surface area contributed by atoms with Gasteiger partial charge in [0.1, 0.15) is 0 Å². The highest BCUT2D eigenvalue weighted by molar-refractivity contribution is 5.25. The van der Waals surface area contributed by atoms with Gasteiger partial charge in [0.25, 0.3) is 0 Å². The van der Waals surface area contributed by atoms with Crippen LogP contribution in [0.15, 0.2) is 23.8 Å². The fraction of sp³-hybridized carbons (Fsp3) is 0.852. The summed E-state index contributed by atoms with van der Waals surface area (Å²) in [6, 6.07) is 0. The van der Waals surface area contributed by atoms with Gasteiger partial charge in [0.05, 0.1) is 0 Å². The summed E-state index contributed by atoms with van der Waals surface area (Å²) in [5, 5.41) is 0. The summed E-state index contributed by atoms with van der Waals surface area (Å²) in [5.41, 5.74) is 4.56. The summed E-state index contributed by atoms with van der Waals surface area (Å²) in [7, 11) is 0. The van der Waals surface area contributed by atoms with Crippen LogP contribution in [0, 0.1) is 40.4 Å². The first-order chi connectivity index (χ1) is 12.9. The number of rotatable bonds is 5. The van der Waals surface area contributed by atoms with Gasteiger partial charge in [-0.05, 0) is 105 Å². The van der Waals surface area contributed by atoms with Gasteiger partial charge < -0.3 is 0 Å². The Morgan fingerprint density at radius 1 is 1.11 bits per heavy atom. The van der Waals surface area contributed by atoms with E-state index in [0.29, 0.717) is 10.8 Å². The molecular formula is C27H44. The van der Waals surface area contributed by atoms with Crippen LogP contribution >= 0.6 is 0 Å². The van der Waals surface area contributed by atoms with Crippen molar-refractivity contribution in [2.45, 2.75) is 105 Å². The molecule has 3 saturated carbocycles. The largest absolute Gasteiger partial charge is 0.0996 e. The lowest BCUT2D eigenvalue weighted by molar-refractivity contribution is -0.0363. The lowest BCUT2D eigenvalue weighted by Gasteiger charge is -2.57. The molecule has 4 rings (SSSR count). The maximum atomic E-state index is 4.64. The molecule has 0 radical (unpaired) electrons. The highest BCUT2D eigenvalue weighted by Gasteiger charge is 2.58. The van der Waals surface area contributed by atoms with Crippen molar-refractivity contribution < 1.29 is 0 Å². The minimum atomic E-state index is 0.548. The van der Waals surface area contributed by atoms with E-state index in [2.05, 4.69) is 40.3 Å². The minimum absolute atomic E-state index is 0.548. The molecule has 0 spiro atoms. The second-order valence-corrected chi connectivity index (χ2v) is 11.6. The molecule has 27 heavy (non-hydrogen) atoms. The van der Waals surface area contributed by atoms with Gasteiger partial charge in [-0.15, -0.1) is 0 Å². The zero-order chi connectivity index (χ0) is 19.2. The van der Waals surface area contributed by atoms with Crippen molar-refractivity contribution in [3.63, 3.8) is 0 Å². The summed E-state index contributed by atoms with van der Waals surface area (Å²) in [5.74, 6) is 4.53. The van der Waals surface area contributed by atoms with Gasteiger partial charge >= 0.3 is 0 Å². The summed E-state index contributed by atoms with van der Waals surface area (Å²) in [6.07, 6.45) is 19.7. The van der Waals surface area contributed by atoms with E-state index in [-0.39, 0.29) is 0 Å². The van der Waals surface area contributed by atoms with Crippen molar-refractivity contribution in [3.8, 4) is 0 Å². The van der Waals surface area contributed by atoms with Crippen LogP contribution in [-0.4, -0.2) is 0 Å². The molecule has 4 aliphatic rings. The Bertz CT molecular complexity index is 595. The van der Waals surface area contributed by atoms with Gasteiger partial charge in [0.2, 0.25) is 0 Å². The highest BCUT2D eigenvalue weighted by Crippen LogP contribution is 2.67. The van der Waals surface area contributed by atoms with Gasteiger partial charge in [0.15, 0.2) is 0 Å². The van der Waals surface area contributed by atoms with Crippen LogP contribution in [0.1, 0.15) is 105 Å². The van der Waals surface area contributed by atoms with Crippen LogP contribution in [0.2, 0.25) is 0 Å². The second-order valence-electron chi connectivity index (χ2n) is 11.6. The average Bonchev–Trinajstić information content (AvgIpc) is 2.98. The normalized spacial score (nSPS) is 43.7. The average molecular weight is 369 g/mol. The molecule has 152 valence electrons. The zero-order valence-electron chi connectivity index (χ0n) is 18.7. The molecule has 0 amide bonds. The number of hydrogen-bond acceptors (Lipinski definition) is 0. The van der Waals surface area contributed by atoms with E-state index in [0.717, 1.165) is 29.6 Å². The van der Waals surface area contributed by atoms with Crippen LogP contribution in [0.4, 0.5) is 0 Å². The molecule has 0 aromatic rings. The topological polar surface area (TPSA) is 0 Å². The van der Waals surface area contributed by atoms with E-state index < -0.39 is 0 Å². The molecule has 0 aromatic carbocycles. The van der Waals surface area contributed by atoms with Crippen LogP contribution in [0.25, 0.3) is 0 Å². The first-order valence-electron chi connectivity index (χ1n) is 12.2. The van der Waals surface area contributed by atoms with E-state index in [9.17, 15) is 0 Å². The Hall–Kier alpha value is -0.520. The predicted octanol–water partition coefficient (Wildman–Crippen LogP) is 8.34. The molecule has 0 nitrogen and oxygen atoms in total. The third-order valence-electron chi connectivity index (χ3n) is 9.79. The molecule has 0 heteroatoms. The molecule has 0 bridgehead atoms. The molecule has 0 aromatic heterocycles. The van der Waals surface area contributed by atoms with Gasteiger partial charge in [-0.2, -0.15) is 0 Å². The van der Waals surface area contributed by atoms with Crippen LogP contribution in [-0.2, 0) is 0 Å². The van der Waals surface area contributed by atoms with Crippen molar-refractivity contribution in [3.05, 3.63) is 23.8 Å². The maximum absolute atomic E-state index is 4.64. The monoisotopic (exact) mass is 368 g/mol. The van der Waals surface area contributed by atoms with Gasteiger partial charge in [-0.3, -0.25) is 0 Å². The van der Waals surface area contributed by atoms with Gasteiger partial charge in [-0.25, -0.2) is 0 Å². The van der Waals surface area contributed by atoms with E-state index in [4.69, 9.17) is 0 Å². The Morgan fingerprint density at radius 2 is 1.93 bits per heavy atom. The quantitative estimate of drug-likeness (QED) is 0.428. The highest BCUT2D eigenvalue weighted by atomic mass is 14.6. The second kappa shape index (κ2) is 7.38. The SMILES string of the molecule is C=C(CCCC(C)C)[C@H]1CC[C@H]2[C@@H]3CC=C4CCCC[C@]4(C)[C@H]3CC[C@]12C. The molecule has 6 atom stereocenters. The van der Waals surface area contributed by atoms with Crippen molar-refractivity contribution in [2.75, 3.05) is 0 Å². The van der Waals surface area contributed by atoms with Crippen LogP contribution in [0.3, 0.4) is 0 Å². The third kappa shape index (κ3) is 3.28. The predicted molar refractivity (Wildman–Crippen MR) is 118 cm³/mol. The van der Waals surface area contributed by atoms with Crippen molar-refractivity contribution in [1.82, 2.24) is 0 Å². The Balaban J connectivity index is 1.50. The lowest BCUT2D eigenvalue weighted by atomic mass is 9.47. The standard InChI is InChI=1S/C27H44/c1-19(2)9-8-10-20(3)23-14-15-24-22-13-12-21-11-6-7-17-26(21,4)25(22)16-18-27(23,24)5/h12,19,22-25H,3,6-11,13-18H2,1-2,4-5H3/t22-,23+,24-,25-,26-,27+/m0/s1. The molecule has 0 heterocycles. The van der Waals surface area contributed by atoms with Crippen LogP contribution < -0.4 is 0 Å². The van der Waals surface area contributed by atoms with Crippen molar-refractivity contribution in [2.24, 2.45) is 40.4 Å². The summed E-state index contributed by atoms with van der Waals surface area (Å²) in [4.78, 5) is 0. The Morgan fingerprint density at radius 3 is 2.70 bits per heavy atom. The Kier molecular flexibility index (Phi) is 5.41. The molecular weight excluding hydrogens is 324 g/mol. The van der Waals surface area contributed by atoms with Crippen molar-refractivity contribution >= 4 is 0 Å². The lowest BCUT2D eigenvalue weighted by Crippen LogP contribution is -2.49. The molecule has 3 fully saturated rings. The first-order valence-corrected chi connectivity index (χ1v) is 12.2. The van der Waals surface area contributed by atoms with Crippen LogP contribution in [0.5, 0.6) is 0 Å². The molecule has 0 aliphatic heterocycles.